The van der Waals surface area contributed by atoms with Crippen LogP contribution < -0.4 is 5.32 Å². The van der Waals surface area contributed by atoms with Gasteiger partial charge in [-0.2, -0.15) is 0 Å². The summed E-state index contributed by atoms with van der Waals surface area (Å²) in [6.07, 6.45) is 6.40. The second kappa shape index (κ2) is 8.54. The van der Waals surface area contributed by atoms with Crippen LogP contribution in [0, 0.1) is 0 Å². The molecule has 0 spiro atoms. The molecule has 1 aromatic rings. The number of nitrogens with one attached hydrogen (secondary N) is 1. The zero-order valence-electron chi connectivity index (χ0n) is 11.0. The van der Waals surface area contributed by atoms with Crippen molar-refractivity contribution in [3.8, 4) is 0 Å². The van der Waals surface area contributed by atoms with Gasteiger partial charge in [-0.15, -0.1) is 0 Å². The summed E-state index contributed by atoms with van der Waals surface area (Å²) in [5, 5.41) is 4.42. The fourth-order valence-electron chi connectivity index (χ4n) is 2.15. The van der Waals surface area contributed by atoms with Crippen LogP contribution in [0.3, 0.4) is 0 Å². The molecule has 0 saturated carbocycles. The van der Waals surface area contributed by atoms with Gasteiger partial charge in [-0.3, -0.25) is 0 Å². The quantitative estimate of drug-likeness (QED) is 0.646. The van der Waals surface area contributed by atoms with E-state index in [2.05, 4.69) is 31.3 Å². The number of hydrogen-bond donors (Lipinski definition) is 1. The first-order chi connectivity index (χ1) is 8.29. The topological polar surface area (TPSA) is 12.0 Å². The van der Waals surface area contributed by atoms with E-state index in [4.69, 9.17) is 11.6 Å². The molecular weight excluding hydrogens is 230 g/mol. The molecule has 0 bridgehead atoms. The molecule has 1 atom stereocenters. The molecule has 1 unspecified atom stereocenters. The molecule has 0 fully saturated rings. The fourth-order valence-corrected chi connectivity index (χ4v) is 2.41. The molecule has 1 aromatic carbocycles. The molecule has 0 saturated heterocycles. The van der Waals surface area contributed by atoms with Crippen LogP contribution in [0.2, 0.25) is 5.02 Å². The van der Waals surface area contributed by atoms with Crippen LogP contribution in [0.4, 0.5) is 0 Å². The largest absolute Gasteiger partial charge is 0.310 e. The Bertz CT molecular complexity index is 312. The van der Waals surface area contributed by atoms with Gasteiger partial charge < -0.3 is 5.32 Å². The van der Waals surface area contributed by atoms with Gasteiger partial charge in [-0.25, -0.2) is 0 Å². The highest BCUT2D eigenvalue weighted by molar-refractivity contribution is 6.31. The minimum Gasteiger partial charge on any atom is -0.310 e. The first kappa shape index (κ1) is 14.5. The minimum atomic E-state index is 0.408. The molecule has 0 amide bonds. The number of unbranched alkanes of at least 4 members (excludes halogenated alkanes) is 3. The van der Waals surface area contributed by atoms with Gasteiger partial charge in [0, 0.05) is 11.1 Å². The van der Waals surface area contributed by atoms with Crippen molar-refractivity contribution >= 4 is 11.6 Å². The Morgan fingerprint density at radius 3 is 2.53 bits per heavy atom. The van der Waals surface area contributed by atoms with E-state index in [0.29, 0.717) is 6.04 Å². The third kappa shape index (κ3) is 5.10. The SMILES string of the molecule is CCCCCCC(NCC)c1ccccc1Cl. The van der Waals surface area contributed by atoms with Gasteiger partial charge in [0.25, 0.3) is 0 Å². The van der Waals surface area contributed by atoms with Gasteiger partial charge in [0.05, 0.1) is 0 Å². The highest BCUT2D eigenvalue weighted by Gasteiger charge is 2.12. The number of halogens is 1. The molecule has 0 heterocycles. The molecule has 0 aromatic heterocycles. The molecule has 0 radical (unpaired) electrons. The molecule has 0 aliphatic rings. The molecule has 1 N–H and O–H groups in total. The molecule has 2 heteroatoms. The zero-order chi connectivity index (χ0) is 12.5. The van der Waals surface area contributed by atoms with Crippen molar-refractivity contribution in [1.82, 2.24) is 5.32 Å². The molecular formula is C15H24ClN. The maximum absolute atomic E-state index is 6.25. The second-order valence-corrected chi connectivity index (χ2v) is 4.89. The molecule has 0 aliphatic carbocycles. The highest BCUT2D eigenvalue weighted by atomic mass is 35.5. The third-order valence-corrected chi connectivity index (χ3v) is 3.42. The van der Waals surface area contributed by atoms with Crippen molar-refractivity contribution in [3.63, 3.8) is 0 Å². The number of benzene rings is 1. The smallest absolute Gasteiger partial charge is 0.0453 e. The summed E-state index contributed by atoms with van der Waals surface area (Å²) in [4.78, 5) is 0. The summed E-state index contributed by atoms with van der Waals surface area (Å²) < 4.78 is 0. The van der Waals surface area contributed by atoms with Crippen LogP contribution in [0.25, 0.3) is 0 Å². The number of rotatable bonds is 8. The van der Waals surface area contributed by atoms with Crippen LogP contribution in [0.1, 0.15) is 57.6 Å². The van der Waals surface area contributed by atoms with Gasteiger partial charge in [0.2, 0.25) is 0 Å². The van der Waals surface area contributed by atoms with Gasteiger partial charge in [0.1, 0.15) is 0 Å². The Labute approximate surface area is 111 Å². The predicted molar refractivity (Wildman–Crippen MR) is 76.6 cm³/mol. The van der Waals surface area contributed by atoms with E-state index in [9.17, 15) is 0 Å². The van der Waals surface area contributed by atoms with Crippen LogP contribution in [-0.4, -0.2) is 6.54 Å². The number of hydrogen-bond acceptors (Lipinski definition) is 1. The van der Waals surface area contributed by atoms with Crippen LogP contribution in [-0.2, 0) is 0 Å². The van der Waals surface area contributed by atoms with Crippen molar-refractivity contribution in [1.29, 1.82) is 0 Å². The molecule has 96 valence electrons. The Balaban J connectivity index is 2.56. The maximum Gasteiger partial charge on any atom is 0.0453 e. The van der Waals surface area contributed by atoms with Gasteiger partial charge in [-0.05, 0) is 24.6 Å². The monoisotopic (exact) mass is 253 g/mol. The first-order valence-electron chi connectivity index (χ1n) is 6.77. The van der Waals surface area contributed by atoms with E-state index < -0.39 is 0 Å². The lowest BCUT2D eigenvalue weighted by atomic mass is 10.00. The standard InChI is InChI=1S/C15H24ClN/c1-3-5-6-7-12-15(17-4-2)13-10-8-9-11-14(13)16/h8-11,15,17H,3-7,12H2,1-2H3. The Morgan fingerprint density at radius 2 is 1.88 bits per heavy atom. The van der Waals surface area contributed by atoms with Crippen molar-refractivity contribution in [2.75, 3.05) is 6.54 Å². The Kier molecular flexibility index (Phi) is 7.30. The summed E-state index contributed by atoms with van der Waals surface area (Å²) in [5.41, 5.74) is 1.24. The van der Waals surface area contributed by atoms with E-state index in [1.807, 2.05) is 12.1 Å². The third-order valence-electron chi connectivity index (χ3n) is 3.08. The van der Waals surface area contributed by atoms with E-state index in [0.717, 1.165) is 11.6 Å². The van der Waals surface area contributed by atoms with E-state index in [1.165, 1.54) is 37.7 Å². The second-order valence-electron chi connectivity index (χ2n) is 4.48. The summed E-state index contributed by atoms with van der Waals surface area (Å²) in [6.45, 7) is 5.38. The average Bonchev–Trinajstić information content (AvgIpc) is 2.34. The summed E-state index contributed by atoms with van der Waals surface area (Å²) >= 11 is 6.25. The lowest BCUT2D eigenvalue weighted by Gasteiger charge is -2.19. The Hall–Kier alpha value is -0.530. The van der Waals surface area contributed by atoms with Crippen LogP contribution in [0.15, 0.2) is 24.3 Å². The van der Waals surface area contributed by atoms with Crippen LogP contribution in [0.5, 0.6) is 0 Å². The molecule has 17 heavy (non-hydrogen) atoms. The first-order valence-corrected chi connectivity index (χ1v) is 7.15. The van der Waals surface area contributed by atoms with E-state index in [1.54, 1.807) is 0 Å². The van der Waals surface area contributed by atoms with Gasteiger partial charge >= 0.3 is 0 Å². The average molecular weight is 254 g/mol. The lowest BCUT2D eigenvalue weighted by Crippen LogP contribution is -2.21. The minimum absolute atomic E-state index is 0.408. The molecule has 1 nitrogen and oxygen atoms in total. The van der Waals surface area contributed by atoms with Gasteiger partial charge in [0.15, 0.2) is 0 Å². The Morgan fingerprint density at radius 1 is 1.12 bits per heavy atom. The van der Waals surface area contributed by atoms with Crippen molar-refractivity contribution in [2.24, 2.45) is 0 Å². The normalized spacial score (nSPS) is 12.6. The van der Waals surface area contributed by atoms with Crippen molar-refractivity contribution in [2.45, 2.75) is 52.0 Å². The highest BCUT2D eigenvalue weighted by Crippen LogP contribution is 2.26. The van der Waals surface area contributed by atoms with Gasteiger partial charge in [-0.1, -0.05) is 69.3 Å². The lowest BCUT2D eigenvalue weighted by molar-refractivity contribution is 0.482. The van der Waals surface area contributed by atoms with Crippen LogP contribution >= 0.6 is 11.6 Å². The summed E-state index contributed by atoms with van der Waals surface area (Å²) in [7, 11) is 0. The van der Waals surface area contributed by atoms with Crippen molar-refractivity contribution in [3.05, 3.63) is 34.9 Å². The van der Waals surface area contributed by atoms with Crippen molar-refractivity contribution < 1.29 is 0 Å². The summed E-state index contributed by atoms with van der Waals surface area (Å²) in [6, 6.07) is 8.58. The molecule has 1 rings (SSSR count). The maximum atomic E-state index is 6.25. The predicted octanol–water partition coefficient (Wildman–Crippen LogP) is 4.96. The summed E-state index contributed by atoms with van der Waals surface area (Å²) in [5.74, 6) is 0. The fraction of sp³-hybridized carbons (Fsp3) is 0.600. The van der Waals surface area contributed by atoms with E-state index in [-0.39, 0.29) is 0 Å². The van der Waals surface area contributed by atoms with E-state index >= 15 is 0 Å². The molecule has 0 aliphatic heterocycles. The zero-order valence-corrected chi connectivity index (χ0v) is 11.8.